The average molecular weight is 333 g/mol. The fourth-order valence-corrected chi connectivity index (χ4v) is 2.46. The van der Waals surface area contributed by atoms with Gasteiger partial charge in [-0.25, -0.2) is 4.98 Å². The average Bonchev–Trinajstić information content (AvgIpc) is 2.66. The smallest absolute Gasteiger partial charge is 0.259 e. The number of nitrogens with one attached hydrogen (secondary N) is 1. The van der Waals surface area contributed by atoms with Crippen molar-refractivity contribution in [1.29, 1.82) is 5.26 Å². The van der Waals surface area contributed by atoms with Crippen LogP contribution in [0.4, 0.5) is 0 Å². The quantitative estimate of drug-likeness (QED) is 0.742. The monoisotopic (exact) mass is 333 g/mol. The third-order valence-electron chi connectivity index (χ3n) is 3.73. The van der Waals surface area contributed by atoms with E-state index in [1.807, 2.05) is 0 Å². The first-order valence-corrected chi connectivity index (χ1v) is 7.49. The maximum absolute atomic E-state index is 12.2. The molecule has 0 aliphatic heterocycles. The van der Waals surface area contributed by atoms with Crippen molar-refractivity contribution in [2.75, 3.05) is 14.2 Å². The number of H-pyrrole nitrogens is 1. The number of hydrogen-bond donors (Lipinski definition) is 1. The van der Waals surface area contributed by atoms with Gasteiger partial charge in [0.1, 0.15) is 17.6 Å². The summed E-state index contributed by atoms with van der Waals surface area (Å²) in [6, 6.07) is 14.3. The summed E-state index contributed by atoms with van der Waals surface area (Å²) in [6.07, 6.45) is 1.62. The summed E-state index contributed by atoms with van der Waals surface area (Å²) in [4.78, 5) is 19.2. The fourth-order valence-electron chi connectivity index (χ4n) is 2.46. The van der Waals surface area contributed by atoms with Crippen molar-refractivity contribution in [3.05, 3.63) is 64.2 Å². The summed E-state index contributed by atoms with van der Waals surface area (Å²) in [5.41, 5.74) is 1.15. The number of ether oxygens (including phenoxy) is 2. The van der Waals surface area contributed by atoms with E-state index in [0.29, 0.717) is 28.0 Å². The van der Waals surface area contributed by atoms with Crippen LogP contribution in [0.25, 0.3) is 22.6 Å². The predicted molar refractivity (Wildman–Crippen MR) is 95.4 cm³/mol. The maximum atomic E-state index is 12.2. The molecule has 0 aliphatic rings. The first-order valence-electron chi connectivity index (χ1n) is 7.49. The summed E-state index contributed by atoms with van der Waals surface area (Å²) in [6.45, 7) is 0. The van der Waals surface area contributed by atoms with Crippen LogP contribution in [0.1, 0.15) is 11.4 Å². The lowest BCUT2D eigenvalue weighted by Crippen LogP contribution is -2.11. The Bertz CT molecular complexity index is 1060. The Balaban J connectivity index is 2.14. The molecule has 0 amide bonds. The van der Waals surface area contributed by atoms with Crippen molar-refractivity contribution in [3.63, 3.8) is 0 Å². The zero-order valence-corrected chi connectivity index (χ0v) is 13.7. The minimum absolute atomic E-state index is 0.212. The second-order valence-electron chi connectivity index (χ2n) is 5.21. The number of hydrogen-bond acceptors (Lipinski definition) is 5. The summed E-state index contributed by atoms with van der Waals surface area (Å²) in [7, 11) is 3.10. The molecule has 0 fully saturated rings. The molecule has 0 bridgehead atoms. The number of aromatic nitrogens is 2. The van der Waals surface area contributed by atoms with Gasteiger partial charge in [-0.1, -0.05) is 12.1 Å². The molecule has 0 atom stereocenters. The number of aromatic amines is 1. The van der Waals surface area contributed by atoms with E-state index in [1.165, 1.54) is 7.11 Å². The highest BCUT2D eigenvalue weighted by atomic mass is 16.5. The summed E-state index contributed by atoms with van der Waals surface area (Å²) >= 11 is 0. The van der Waals surface area contributed by atoms with Crippen molar-refractivity contribution >= 4 is 22.6 Å². The Morgan fingerprint density at radius 1 is 1.20 bits per heavy atom. The van der Waals surface area contributed by atoms with E-state index in [1.54, 1.807) is 55.7 Å². The van der Waals surface area contributed by atoms with Gasteiger partial charge in [-0.3, -0.25) is 4.79 Å². The Hall–Kier alpha value is -3.59. The van der Waals surface area contributed by atoms with Gasteiger partial charge in [0.25, 0.3) is 5.56 Å². The molecule has 6 nitrogen and oxygen atoms in total. The molecule has 0 aliphatic carbocycles. The molecule has 1 heterocycles. The van der Waals surface area contributed by atoms with E-state index in [9.17, 15) is 10.1 Å². The minimum Gasteiger partial charge on any atom is -0.497 e. The van der Waals surface area contributed by atoms with Crippen molar-refractivity contribution in [2.45, 2.75) is 0 Å². The van der Waals surface area contributed by atoms with Crippen LogP contribution in [-0.4, -0.2) is 24.2 Å². The van der Waals surface area contributed by atoms with E-state index in [0.717, 1.165) is 0 Å². The number of allylic oxidation sites excluding steroid dienone is 1. The molecule has 1 N–H and O–H groups in total. The first kappa shape index (κ1) is 16.3. The Morgan fingerprint density at radius 3 is 2.72 bits per heavy atom. The van der Waals surface area contributed by atoms with Gasteiger partial charge in [-0.15, -0.1) is 0 Å². The molecule has 6 heteroatoms. The highest BCUT2D eigenvalue weighted by Gasteiger charge is 2.10. The number of methoxy groups -OCH3 is 2. The molecular formula is C19H15N3O3. The van der Waals surface area contributed by atoms with Gasteiger partial charge < -0.3 is 14.5 Å². The van der Waals surface area contributed by atoms with Gasteiger partial charge in [0.15, 0.2) is 5.82 Å². The van der Waals surface area contributed by atoms with Gasteiger partial charge in [-0.2, -0.15) is 5.26 Å². The SMILES string of the molecule is COc1ccc(/C=C(\C#N)c2nc3ccccc3c(=O)[nH]2)c(OC)c1. The van der Waals surface area contributed by atoms with Crippen molar-refractivity contribution in [1.82, 2.24) is 9.97 Å². The Labute approximate surface area is 144 Å². The van der Waals surface area contributed by atoms with Crippen LogP contribution in [0.2, 0.25) is 0 Å². The summed E-state index contributed by atoms with van der Waals surface area (Å²) < 4.78 is 10.5. The minimum atomic E-state index is -0.288. The number of para-hydroxylation sites is 1. The van der Waals surface area contributed by atoms with E-state index in [2.05, 4.69) is 16.0 Å². The number of rotatable bonds is 4. The van der Waals surface area contributed by atoms with Gasteiger partial charge in [0, 0.05) is 11.6 Å². The first-order chi connectivity index (χ1) is 12.2. The second-order valence-corrected chi connectivity index (χ2v) is 5.21. The Morgan fingerprint density at radius 2 is 2.00 bits per heavy atom. The molecule has 3 aromatic rings. The van der Waals surface area contributed by atoms with Gasteiger partial charge >= 0.3 is 0 Å². The van der Waals surface area contributed by atoms with Crippen molar-refractivity contribution in [2.24, 2.45) is 0 Å². The third kappa shape index (κ3) is 3.21. The molecule has 0 spiro atoms. The lowest BCUT2D eigenvalue weighted by Gasteiger charge is -2.08. The number of benzene rings is 2. The van der Waals surface area contributed by atoms with Crippen LogP contribution in [0.3, 0.4) is 0 Å². The van der Waals surface area contributed by atoms with Crippen LogP contribution in [0.5, 0.6) is 11.5 Å². The van der Waals surface area contributed by atoms with Crippen LogP contribution in [-0.2, 0) is 0 Å². The molecule has 25 heavy (non-hydrogen) atoms. The normalized spacial score (nSPS) is 11.2. The van der Waals surface area contributed by atoms with Crippen LogP contribution in [0, 0.1) is 11.3 Å². The Kier molecular flexibility index (Phi) is 4.48. The van der Waals surface area contributed by atoms with Crippen LogP contribution < -0.4 is 15.0 Å². The van der Waals surface area contributed by atoms with Gasteiger partial charge in [0.2, 0.25) is 0 Å². The third-order valence-corrected chi connectivity index (χ3v) is 3.73. The molecule has 1 aromatic heterocycles. The van der Waals surface area contributed by atoms with Gasteiger partial charge in [0.05, 0.1) is 30.7 Å². The molecular weight excluding hydrogens is 318 g/mol. The molecule has 124 valence electrons. The lowest BCUT2D eigenvalue weighted by molar-refractivity contribution is 0.394. The van der Waals surface area contributed by atoms with E-state index in [4.69, 9.17) is 9.47 Å². The lowest BCUT2D eigenvalue weighted by atomic mass is 10.1. The highest BCUT2D eigenvalue weighted by molar-refractivity contribution is 5.90. The molecule has 3 rings (SSSR count). The van der Waals surface area contributed by atoms with E-state index >= 15 is 0 Å². The summed E-state index contributed by atoms with van der Waals surface area (Å²) in [5.74, 6) is 1.41. The predicted octanol–water partition coefficient (Wildman–Crippen LogP) is 3.00. The van der Waals surface area contributed by atoms with Crippen LogP contribution >= 0.6 is 0 Å². The standard InChI is InChI=1S/C19H15N3O3/c1-24-14-8-7-12(17(10-14)25-2)9-13(11-20)18-21-16-6-4-3-5-15(16)19(23)22-18/h3-10H,1-2H3,(H,21,22,23)/b13-9+. The fraction of sp³-hybridized carbons (Fsp3) is 0.105. The van der Waals surface area contributed by atoms with E-state index < -0.39 is 0 Å². The van der Waals surface area contributed by atoms with Crippen molar-refractivity contribution in [3.8, 4) is 17.6 Å². The zero-order valence-electron chi connectivity index (χ0n) is 13.7. The molecule has 2 aromatic carbocycles. The zero-order chi connectivity index (χ0) is 17.8. The van der Waals surface area contributed by atoms with E-state index in [-0.39, 0.29) is 17.0 Å². The van der Waals surface area contributed by atoms with Crippen molar-refractivity contribution < 1.29 is 9.47 Å². The van der Waals surface area contributed by atoms with Crippen LogP contribution in [0.15, 0.2) is 47.3 Å². The maximum Gasteiger partial charge on any atom is 0.259 e. The number of nitrogens with zero attached hydrogens (tertiary/aromatic N) is 2. The number of nitriles is 1. The number of fused-ring (bicyclic) bond motifs is 1. The molecule has 0 radical (unpaired) electrons. The second kappa shape index (κ2) is 6.89. The topological polar surface area (TPSA) is 88.0 Å². The molecule has 0 saturated heterocycles. The summed E-state index contributed by atoms with van der Waals surface area (Å²) in [5, 5.41) is 10.00. The largest absolute Gasteiger partial charge is 0.497 e. The highest BCUT2D eigenvalue weighted by Crippen LogP contribution is 2.27. The van der Waals surface area contributed by atoms with Gasteiger partial charge in [-0.05, 0) is 30.3 Å². The molecule has 0 saturated carbocycles. The molecule has 0 unspecified atom stereocenters.